The van der Waals surface area contributed by atoms with Crippen LogP contribution in [0.4, 0.5) is 0 Å². The summed E-state index contributed by atoms with van der Waals surface area (Å²) in [5.74, 6) is 1.09. The first kappa shape index (κ1) is 7.14. The van der Waals surface area contributed by atoms with Crippen molar-refractivity contribution < 1.29 is 4.79 Å². The number of rotatable bonds is 0. The van der Waals surface area contributed by atoms with E-state index < -0.39 is 0 Å². The lowest BCUT2D eigenvalue weighted by Crippen LogP contribution is -2.45. The molecule has 0 radical (unpaired) electrons. The van der Waals surface area contributed by atoms with Crippen LogP contribution in [0.3, 0.4) is 0 Å². The zero-order chi connectivity index (χ0) is 7.84. The number of likely N-dealkylation sites (tertiary alicyclic amines) is 1. The quantitative estimate of drug-likeness (QED) is 0.515. The Balaban J connectivity index is 2.11. The zero-order valence-corrected chi connectivity index (χ0v) is 7.05. The van der Waals surface area contributed by atoms with Crippen LogP contribution >= 0.6 is 0 Å². The van der Waals surface area contributed by atoms with Gasteiger partial charge in [0.25, 0.3) is 0 Å². The van der Waals surface area contributed by atoms with E-state index in [9.17, 15) is 4.79 Å². The highest BCUT2D eigenvalue weighted by atomic mass is 16.2. The number of carbonyl (C=O) groups is 1. The monoisotopic (exact) mass is 153 g/mol. The lowest BCUT2D eigenvalue weighted by molar-refractivity contribution is -0.138. The molecule has 2 aliphatic rings. The third kappa shape index (κ3) is 1.15. The van der Waals surface area contributed by atoms with Gasteiger partial charge in [-0.25, -0.2) is 0 Å². The molecule has 2 atom stereocenters. The molecule has 1 amide bonds. The molecule has 0 unspecified atom stereocenters. The number of amides is 1. The van der Waals surface area contributed by atoms with Gasteiger partial charge in [0.05, 0.1) is 0 Å². The zero-order valence-electron chi connectivity index (χ0n) is 7.05. The van der Waals surface area contributed by atoms with Crippen LogP contribution < -0.4 is 0 Å². The van der Waals surface area contributed by atoms with Gasteiger partial charge < -0.3 is 4.90 Å². The first-order valence-corrected chi connectivity index (χ1v) is 4.53. The summed E-state index contributed by atoms with van der Waals surface area (Å²) in [6.07, 6.45) is 5.93. The molecule has 0 aromatic carbocycles. The molecule has 1 saturated heterocycles. The summed E-state index contributed by atoms with van der Waals surface area (Å²) in [4.78, 5) is 13.3. The van der Waals surface area contributed by atoms with Crippen molar-refractivity contribution in [3.8, 4) is 0 Å². The van der Waals surface area contributed by atoms with Gasteiger partial charge in [0.2, 0.25) is 5.91 Å². The Kier molecular flexibility index (Phi) is 1.63. The third-order valence-electron chi connectivity index (χ3n) is 3.16. The summed E-state index contributed by atoms with van der Waals surface area (Å²) in [6.45, 7) is 0. The molecule has 2 rings (SSSR count). The maximum atomic E-state index is 11.3. The van der Waals surface area contributed by atoms with Gasteiger partial charge in [-0.1, -0.05) is 6.42 Å². The SMILES string of the molecule is CN1C(=O)C[C@@H]2CCC[C@H]1C2. The number of piperidine rings is 1. The molecular formula is C9H15NO. The predicted molar refractivity (Wildman–Crippen MR) is 43.1 cm³/mol. The average Bonchev–Trinajstić information content (AvgIpc) is 2.01. The highest BCUT2D eigenvalue weighted by molar-refractivity contribution is 5.77. The average molecular weight is 153 g/mol. The fourth-order valence-electron chi connectivity index (χ4n) is 2.39. The molecule has 0 N–H and O–H groups in total. The largest absolute Gasteiger partial charge is 0.343 e. The van der Waals surface area contributed by atoms with Gasteiger partial charge >= 0.3 is 0 Å². The van der Waals surface area contributed by atoms with Crippen LogP contribution in [0.5, 0.6) is 0 Å². The van der Waals surface area contributed by atoms with E-state index in [0.29, 0.717) is 11.9 Å². The molecule has 0 spiro atoms. The molecule has 0 aromatic rings. The lowest BCUT2D eigenvalue weighted by Gasteiger charge is -2.40. The molecule has 1 aliphatic heterocycles. The Hall–Kier alpha value is -0.530. The van der Waals surface area contributed by atoms with Crippen LogP contribution in [0.1, 0.15) is 32.1 Å². The van der Waals surface area contributed by atoms with Crippen molar-refractivity contribution in [1.82, 2.24) is 4.90 Å². The van der Waals surface area contributed by atoms with E-state index in [-0.39, 0.29) is 0 Å². The van der Waals surface area contributed by atoms with Crippen LogP contribution in [0.25, 0.3) is 0 Å². The van der Waals surface area contributed by atoms with Crippen LogP contribution in [0.2, 0.25) is 0 Å². The van der Waals surface area contributed by atoms with Crippen molar-refractivity contribution >= 4 is 5.91 Å². The van der Waals surface area contributed by atoms with Crippen molar-refractivity contribution in [2.75, 3.05) is 7.05 Å². The van der Waals surface area contributed by atoms with E-state index in [4.69, 9.17) is 0 Å². The third-order valence-corrected chi connectivity index (χ3v) is 3.16. The van der Waals surface area contributed by atoms with E-state index in [1.807, 2.05) is 11.9 Å². The molecule has 1 aliphatic carbocycles. The Morgan fingerprint density at radius 2 is 2.27 bits per heavy atom. The molecule has 1 heterocycles. The molecular weight excluding hydrogens is 138 g/mol. The van der Waals surface area contributed by atoms with E-state index in [1.165, 1.54) is 25.7 Å². The van der Waals surface area contributed by atoms with Gasteiger partial charge in [0.15, 0.2) is 0 Å². The minimum Gasteiger partial charge on any atom is -0.343 e. The fourth-order valence-corrected chi connectivity index (χ4v) is 2.39. The van der Waals surface area contributed by atoms with Crippen LogP contribution in [-0.2, 0) is 4.79 Å². The number of carbonyl (C=O) groups excluding carboxylic acids is 1. The summed E-state index contributed by atoms with van der Waals surface area (Å²) in [5.41, 5.74) is 0. The summed E-state index contributed by atoms with van der Waals surface area (Å²) >= 11 is 0. The van der Waals surface area contributed by atoms with Gasteiger partial charge in [0.1, 0.15) is 0 Å². The number of nitrogens with zero attached hydrogens (tertiary/aromatic N) is 1. The topological polar surface area (TPSA) is 20.3 Å². The lowest BCUT2D eigenvalue weighted by atomic mass is 9.80. The maximum Gasteiger partial charge on any atom is 0.222 e. The Morgan fingerprint density at radius 3 is 3.09 bits per heavy atom. The van der Waals surface area contributed by atoms with Crippen molar-refractivity contribution in [2.24, 2.45) is 5.92 Å². The first-order valence-electron chi connectivity index (χ1n) is 4.53. The minimum absolute atomic E-state index is 0.367. The molecule has 62 valence electrons. The van der Waals surface area contributed by atoms with Crippen molar-refractivity contribution in [2.45, 2.75) is 38.1 Å². The second kappa shape index (κ2) is 2.50. The van der Waals surface area contributed by atoms with E-state index in [0.717, 1.165) is 12.3 Å². The van der Waals surface area contributed by atoms with Gasteiger partial charge in [-0.05, 0) is 25.2 Å². The van der Waals surface area contributed by atoms with Crippen LogP contribution in [-0.4, -0.2) is 23.9 Å². The number of hydrogen-bond acceptors (Lipinski definition) is 1. The van der Waals surface area contributed by atoms with Crippen LogP contribution in [0, 0.1) is 5.92 Å². The summed E-state index contributed by atoms with van der Waals surface area (Å²) in [6, 6.07) is 0.579. The van der Waals surface area contributed by atoms with Gasteiger partial charge in [-0.15, -0.1) is 0 Å². The van der Waals surface area contributed by atoms with Crippen molar-refractivity contribution in [3.63, 3.8) is 0 Å². The second-order valence-electron chi connectivity index (χ2n) is 3.90. The molecule has 0 aromatic heterocycles. The minimum atomic E-state index is 0.367. The molecule has 2 fully saturated rings. The Bertz CT molecular complexity index is 178. The molecule has 2 bridgehead atoms. The summed E-state index contributed by atoms with van der Waals surface area (Å²) in [5, 5.41) is 0. The van der Waals surface area contributed by atoms with E-state index >= 15 is 0 Å². The van der Waals surface area contributed by atoms with Gasteiger partial charge in [0, 0.05) is 19.5 Å². The smallest absolute Gasteiger partial charge is 0.222 e. The summed E-state index contributed by atoms with van der Waals surface area (Å²) in [7, 11) is 1.95. The Labute approximate surface area is 67.6 Å². The van der Waals surface area contributed by atoms with Crippen molar-refractivity contribution in [1.29, 1.82) is 0 Å². The first-order chi connectivity index (χ1) is 5.27. The number of fused-ring (bicyclic) bond motifs is 2. The number of hydrogen-bond donors (Lipinski definition) is 0. The predicted octanol–water partition coefficient (Wildman–Crippen LogP) is 1.41. The molecule has 2 nitrogen and oxygen atoms in total. The van der Waals surface area contributed by atoms with Gasteiger partial charge in [-0.3, -0.25) is 4.79 Å². The highest BCUT2D eigenvalue weighted by Gasteiger charge is 2.33. The summed E-state index contributed by atoms with van der Waals surface area (Å²) < 4.78 is 0. The van der Waals surface area contributed by atoms with Crippen molar-refractivity contribution in [3.05, 3.63) is 0 Å². The molecule has 1 saturated carbocycles. The highest BCUT2D eigenvalue weighted by Crippen LogP contribution is 2.34. The fraction of sp³-hybridized carbons (Fsp3) is 0.889. The maximum absolute atomic E-state index is 11.3. The standard InChI is InChI=1S/C9H15NO/c1-10-8-4-2-3-7(5-8)6-9(10)11/h7-8H,2-6H2,1H3/t7-,8+/m1/s1. The Morgan fingerprint density at radius 1 is 1.45 bits per heavy atom. The van der Waals surface area contributed by atoms with Crippen LogP contribution in [0.15, 0.2) is 0 Å². The van der Waals surface area contributed by atoms with Gasteiger partial charge in [-0.2, -0.15) is 0 Å². The molecule has 11 heavy (non-hydrogen) atoms. The molecule has 2 heteroatoms. The van der Waals surface area contributed by atoms with E-state index in [2.05, 4.69) is 0 Å². The normalized spacial score (nSPS) is 37.5. The second-order valence-corrected chi connectivity index (χ2v) is 3.90. The van der Waals surface area contributed by atoms with E-state index in [1.54, 1.807) is 0 Å².